The van der Waals surface area contributed by atoms with Crippen LogP contribution in [0, 0.1) is 0 Å². The predicted molar refractivity (Wildman–Crippen MR) is 123 cm³/mol. The minimum absolute atomic E-state index is 0.00485. The van der Waals surface area contributed by atoms with E-state index in [1.54, 1.807) is 7.11 Å². The molecule has 1 amide bonds. The van der Waals surface area contributed by atoms with Crippen molar-refractivity contribution >= 4 is 23.2 Å². The summed E-state index contributed by atoms with van der Waals surface area (Å²) in [6.07, 6.45) is 6.15. The average Bonchev–Trinajstić information content (AvgIpc) is 3.46. The van der Waals surface area contributed by atoms with Gasteiger partial charge >= 0.3 is 0 Å². The highest BCUT2D eigenvalue weighted by molar-refractivity contribution is 6.30. The fraction of sp³-hybridized carbons (Fsp3) is 0.417. The zero-order chi connectivity index (χ0) is 22.1. The van der Waals surface area contributed by atoms with Crippen molar-refractivity contribution in [1.82, 2.24) is 20.6 Å². The van der Waals surface area contributed by atoms with Crippen molar-refractivity contribution in [2.24, 2.45) is 0 Å². The van der Waals surface area contributed by atoms with Gasteiger partial charge in [0.25, 0.3) is 0 Å². The Morgan fingerprint density at radius 3 is 2.62 bits per heavy atom. The molecule has 0 saturated heterocycles. The first-order valence-electron chi connectivity index (χ1n) is 11.1. The maximum Gasteiger partial charge on any atom is 0.235 e. The molecule has 5 rings (SSSR count). The molecule has 0 aliphatic heterocycles. The Balaban J connectivity index is 1.41. The van der Waals surface area contributed by atoms with E-state index in [0.717, 1.165) is 55.3 Å². The molecule has 3 aromatic rings. The second kappa shape index (κ2) is 8.64. The van der Waals surface area contributed by atoms with Crippen molar-refractivity contribution in [2.75, 3.05) is 12.4 Å². The Hall–Kier alpha value is -2.77. The number of nitrogens with one attached hydrogen (secondary N) is 2. The number of amides is 1. The highest BCUT2D eigenvalue weighted by Crippen LogP contribution is 2.49. The van der Waals surface area contributed by atoms with Gasteiger partial charge in [0.05, 0.1) is 11.5 Å². The number of ether oxygens (including phenoxy) is 1. The fourth-order valence-electron chi connectivity index (χ4n) is 4.89. The first-order valence-corrected chi connectivity index (χ1v) is 11.5. The van der Waals surface area contributed by atoms with Crippen LogP contribution in [0.1, 0.15) is 55.6 Å². The van der Waals surface area contributed by atoms with Gasteiger partial charge in [-0.3, -0.25) is 4.79 Å². The summed E-state index contributed by atoms with van der Waals surface area (Å²) in [5.74, 6) is 1.02. The quantitative estimate of drug-likeness (QED) is 0.558. The smallest absolute Gasteiger partial charge is 0.235 e. The molecule has 0 spiro atoms. The number of benzene rings is 2. The number of hydrogen-bond acceptors (Lipinski definition) is 5. The number of rotatable bonds is 6. The number of tetrazole rings is 1. The second-order valence-electron chi connectivity index (χ2n) is 8.81. The molecule has 2 saturated carbocycles. The minimum atomic E-state index is -0.504. The number of anilines is 1. The van der Waals surface area contributed by atoms with Crippen LogP contribution in [0.2, 0.25) is 5.02 Å². The Morgan fingerprint density at radius 2 is 1.97 bits per heavy atom. The van der Waals surface area contributed by atoms with Gasteiger partial charge in [-0.1, -0.05) is 29.8 Å². The van der Waals surface area contributed by atoms with Crippen molar-refractivity contribution < 1.29 is 9.53 Å². The van der Waals surface area contributed by atoms with Gasteiger partial charge < -0.3 is 10.1 Å². The Labute approximate surface area is 191 Å². The number of carbonyl (C=O) groups is 1. The Bertz CT molecular complexity index is 1110. The number of nitrogens with zero attached hydrogens (tertiary/aromatic N) is 3. The van der Waals surface area contributed by atoms with E-state index in [2.05, 4.69) is 32.0 Å². The van der Waals surface area contributed by atoms with Gasteiger partial charge in [-0.2, -0.15) is 0 Å². The van der Waals surface area contributed by atoms with Gasteiger partial charge in [-0.05, 0) is 90.3 Å². The van der Waals surface area contributed by atoms with E-state index in [9.17, 15) is 4.79 Å². The molecule has 0 unspecified atom stereocenters. The van der Waals surface area contributed by atoms with Crippen LogP contribution in [-0.4, -0.2) is 39.7 Å². The summed E-state index contributed by atoms with van der Waals surface area (Å²) in [6.45, 7) is 0. The number of aromatic nitrogens is 4. The van der Waals surface area contributed by atoms with E-state index in [-0.39, 0.29) is 5.91 Å². The SMILES string of the molecule is CO[C@H]1CC[C@H](c2ccc(NC(=O)C3(c4cccc(Cl)c4)CC3)cc2-c2nnn[nH]2)CC1. The second-order valence-corrected chi connectivity index (χ2v) is 9.24. The molecular formula is C24H26ClN5O2. The van der Waals surface area contributed by atoms with Crippen molar-refractivity contribution in [3.8, 4) is 11.4 Å². The fourth-order valence-corrected chi connectivity index (χ4v) is 5.08. The first kappa shape index (κ1) is 21.1. The van der Waals surface area contributed by atoms with Gasteiger partial charge in [0.15, 0.2) is 5.82 Å². The van der Waals surface area contributed by atoms with Crippen molar-refractivity contribution in [1.29, 1.82) is 0 Å². The van der Waals surface area contributed by atoms with Crippen molar-refractivity contribution in [2.45, 2.75) is 56.0 Å². The molecule has 2 aliphatic carbocycles. The number of aromatic amines is 1. The molecule has 1 aromatic heterocycles. The van der Waals surface area contributed by atoms with Gasteiger partial charge in [-0.25, -0.2) is 5.10 Å². The van der Waals surface area contributed by atoms with Crippen LogP contribution in [0.5, 0.6) is 0 Å². The third-order valence-electron chi connectivity index (χ3n) is 6.92. The lowest BCUT2D eigenvalue weighted by Gasteiger charge is -2.29. The minimum Gasteiger partial charge on any atom is -0.381 e. The van der Waals surface area contributed by atoms with Crippen molar-refractivity contribution in [3.63, 3.8) is 0 Å². The maximum absolute atomic E-state index is 13.2. The van der Waals surface area contributed by atoms with E-state index in [1.165, 1.54) is 5.56 Å². The normalized spacial score (nSPS) is 21.8. The van der Waals surface area contributed by atoms with E-state index in [1.807, 2.05) is 36.4 Å². The molecule has 2 fully saturated rings. The summed E-state index contributed by atoms with van der Waals surface area (Å²) in [7, 11) is 1.78. The summed E-state index contributed by atoms with van der Waals surface area (Å²) in [4.78, 5) is 13.2. The standard InChI is InChI=1S/C24H26ClN5O2/c1-32-19-8-5-15(6-9-19)20-10-7-18(14-21(20)22-27-29-30-28-22)26-23(31)24(11-12-24)16-3-2-4-17(25)13-16/h2-4,7,10,13-15,19H,5-6,8-9,11-12H2,1H3,(H,26,31)(H,27,28,29,30)/t15-,19-. The third kappa shape index (κ3) is 4.02. The van der Waals surface area contributed by atoms with Crippen LogP contribution in [-0.2, 0) is 14.9 Å². The summed E-state index contributed by atoms with van der Waals surface area (Å²) < 4.78 is 5.53. The highest BCUT2D eigenvalue weighted by atomic mass is 35.5. The largest absolute Gasteiger partial charge is 0.381 e. The molecule has 2 N–H and O–H groups in total. The molecular weight excluding hydrogens is 426 g/mol. The van der Waals surface area contributed by atoms with E-state index >= 15 is 0 Å². The van der Waals surface area contributed by atoms with Crippen LogP contribution < -0.4 is 5.32 Å². The van der Waals surface area contributed by atoms with E-state index in [4.69, 9.17) is 16.3 Å². The van der Waals surface area contributed by atoms with E-state index in [0.29, 0.717) is 22.9 Å². The summed E-state index contributed by atoms with van der Waals surface area (Å²) in [6, 6.07) is 13.7. The number of carbonyl (C=O) groups excluding carboxylic acids is 1. The van der Waals surface area contributed by atoms with E-state index < -0.39 is 5.41 Å². The molecule has 2 aliphatic rings. The topological polar surface area (TPSA) is 92.8 Å². The lowest BCUT2D eigenvalue weighted by molar-refractivity contribution is -0.118. The molecule has 7 nitrogen and oxygen atoms in total. The lowest BCUT2D eigenvalue weighted by Crippen LogP contribution is -2.27. The number of halogens is 1. The molecule has 2 aromatic carbocycles. The number of H-pyrrole nitrogens is 1. The number of methoxy groups -OCH3 is 1. The zero-order valence-electron chi connectivity index (χ0n) is 18.0. The van der Waals surface area contributed by atoms with Gasteiger partial charge in [0, 0.05) is 23.4 Å². The summed E-state index contributed by atoms with van der Waals surface area (Å²) in [5.41, 5.74) is 3.34. The first-order chi connectivity index (χ1) is 15.6. The zero-order valence-corrected chi connectivity index (χ0v) is 18.7. The van der Waals surface area contributed by atoms with Crippen molar-refractivity contribution in [3.05, 3.63) is 58.6 Å². The van der Waals surface area contributed by atoms with Crippen LogP contribution in [0.3, 0.4) is 0 Å². The lowest BCUT2D eigenvalue weighted by atomic mass is 9.80. The number of hydrogen-bond donors (Lipinski definition) is 2. The Kier molecular flexibility index (Phi) is 5.69. The Morgan fingerprint density at radius 1 is 1.16 bits per heavy atom. The van der Waals surface area contributed by atoms with Crippen LogP contribution in [0.15, 0.2) is 42.5 Å². The maximum atomic E-state index is 13.2. The van der Waals surface area contributed by atoms with Gasteiger partial charge in [0.1, 0.15) is 0 Å². The molecule has 0 radical (unpaired) electrons. The van der Waals surface area contributed by atoms with Crippen LogP contribution in [0.25, 0.3) is 11.4 Å². The highest BCUT2D eigenvalue weighted by Gasteiger charge is 2.51. The molecule has 32 heavy (non-hydrogen) atoms. The third-order valence-corrected chi connectivity index (χ3v) is 7.16. The molecule has 0 atom stereocenters. The monoisotopic (exact) mass is 451 g/mol. The molecule has 8 heteroatoms. The molecule has 1 heterocycles. The van der Waals surface area contributed by atoms with Gasteiger partial charge in [0.2, 0.25) is 5.91 Å². The summed E-state index contributed by atoms with van der Waals surface area (Å²) in [5, 5.41) is 18.3. The van der Waals surface area contributed by atoms with Crippen LogP contribution >= 0.6 is 11.6 Å². The predicted octanol–water partition coefficient (Wildman–Crippen LogP) is 4.86. The van der Waals surface area contributed by atoms with Gasteiger partial charge in [-0.15, -0.1) is 5.10 Å². The summed E-state index contributed by atoms with van der Waals surface area (Å²) >= 11 is 6.17. The molecule has 166 valence electrons. The van der Waals surface area contributed by atoms with Crippen LogP contribution in [0.4, 0.5) is 5.69 Å². The molecule has 0 bridgehead atoms. The average molecular weight is 452 g/mol.